The second kappa shape index (κ2) is 15.7. The number of aromatic nitrogens is 2. The van der Waals surface area contributed by atoms with Crippen molar-refractivity contribution in [1.82, 2.24) is 15.3 Å². The lowest BCUT2D eigenvalue weighted by Gasteiger charge is -2.35. The van der Waals surface area contributed by atoms with Crippen molar-refractivity contribution in [3.05, 3.63) is 82.8 Å². The number of H-pyrrole nitrogens is 2. The molecular formula is C35H45N5O7S. The van der Waals surface area contributed by atoms with Gasteiger partial charge in [-0.15, -0.1) is 0 Å². The summed E-state index contributed by atoms with van der Waals surface area (Å²) in [7, 11) is -4.15. The van der Waals surface area contributed by atoms with E-state index in [-0.39, 0.29) is 29.7 Å². The summed E-state index contributed by atoms with van der Waals surface area (Å²) in [5.41, 5.74) is 3.16. The highest BCUT2D eigenvalue weighted by atomic mass is 32.2. The number of aryl methyl sites for hydroxylation is 1. The van der Waals surface area contributed by atoms with Crippen LogP contribution in [-0.2, 0) is 21.2 Å². The third kappa shape index (κ3) is 8.20. The van der Waals surface area contributed by atoms with Gasteiger partial charge in [0.2, 0.25) is 0 Å². The fraction of sp³-hybridized carbons (Fsp3) is 0.429. The highest BCUT2D eigenvalue weighted by molar-refractivity contribution is 7.93. The number of aromatic amines is 2. The number of nitrogens with zero attached hydrogens (tertiary/aromatic N) is 2. The number of carbonyl (C=O) groups is 1. The third-order valence-corrected chi connectivity index (χ3v) is 10.7. The second-order valence-corrected chi connectivity index (χ2v) is 14.0. The van der Waals surface area contributed by atoms with Gasteiger partial charge in [-0.05, 0) is 86.2 Å². The van der Waals surface area contributed by atoms with Crippen molar-refractivity contribution in [1.29, 1.82) is 0 Å². The summed E-state index contributed by atoms with van der Waals surface area (Å²) in [6.45, 7) is 5.71. The van der Waals surface area contributed by atoms with Crippen LogP contribution in [0.3, 0.4) is 0 Å². The Morgan fingerprint density at radius 1 is 1.04 bits per heavy atom. The molecule has 12 nitrogen and oxygen atoms in total. The van der Waals surface area contributed by atoms with Crippen molar-refractivity contribution in [3.63, 3.8) is 0 Å². The molecular weight excluding hydrogens is 634 g/mol. The summed E-state index contributed by atoms with van der Waals surface area (Å²) in [5, 5.41) is 23.9. The molecule has 1 aromatic heterocycles. The number of carboxylic acid groups (broad SMARTS) is 1. The van der Waals surface area contributed by atoms with Crippen molar-refractivity contribution in [2.45, 2.75) is 75.5 Å². The molecule has 2 heterocycles. The Labute approximate surface area is 280 Å². The van der Waals surface area contributed by atoms with Gasteiger partial charge in [0, 0.05) is 31.4 Å². The summed E-state index contributed by atoms with van der Waals surface area (Å²) < 4.78 is 34.5. The minimum absolute atomic E-state index is 0.0622. The average Bonchev–Trinajstić information content (AvgIpc) is 3.49. The minimum Gasteiger partial charge on any atom is -0.489 e. The number of sulfonamides is 1. The number of fused-ring (bicyclic) bond motifs is 1. The molecule has 0 spiro atoms. The van der Waals surface area contributed by atoms with Crippen molar-refractivity contribution in [3.8, 4) is 5.75 Å². The molecule has 0 radical (unpaired) electrons. The lowest BCUT2D eigenvalue weighted by atomic mass is 10.0. The Kier molecular flexibility index (Phi) is 11.5. The largest absolute Gasteiger partial charge is 0.489 e. The zero-order valence-corrected chi connectivity index (χ0v) is 28.2. The summed E-state index contributed by atoms with van der Waals surface area (Å²) in [5.74, 6) is -0.708. The van der Waals surface area contributed by atoms with E-state index in [9.17, 15) is 28.2 Å². The van der Waals surface area contributed by atoms with E-state index in [1.807, 2.05) is 12.1 Å². The molecule has 1 saturated heterocycles. The number of rotatable bonds is 16. The van der Waals surface area contributed by atoms with Gasteiger partial charge in [-0.1, -0.05) is 38.5 Å². The van der Waals surface area contributed by atoms with Crippen LogP contribution < -0.4 is 24.9 Å². The monoisotopic (exact) mass is 679 g/mol. The van der Waals surface area contributed by atoms with Crippen LogP contribution in [0.15, 0.2) is 76.4 Å². The summed E-state index contributed by atoms with van der Waals surface area (Å²) in [6, 6.07) is 18.0. The van der Waals surface area contributed by atoms with Gasteiger partial charge in [0.15, 0.2) is 0 Å². The van der Waals surface area contributed by atoms with Crippen molar-refractivity contribution >= 4 is 38.4 Å². The van der Waals surface area contributed by atoms with E-state index in [4.69, 9.17) is 4.74 Å². The quantitative estimate of drug-likeness (QED) is 0.116. The first-order valence-corrected chi connectivity index (χ1v) is 18.0. The van der Waals surface area contributed by atoms with Crippen LogP contribution in [0.5, 0.6) is 5.75 Å². The number of nitrogens with one attached hydrogen (secondary N) is 3. The molecule has 258 valence electrons. The van der Waals surface area contributed by atoms with Crippen LogP contribution in [0.4, 0.5) is 11.4 Å². The average molecular weight is 680 g/mol. The Balaban J connectivity index is 1.17. The molecule has 1 fully saturated rings. The summed E-state index contributed by atoms with van der Waals surface area (Å²) in [6.07, 6.45) is 3.94. The van der Waals surface area contributed by atoms with Gasteiger partial charge in [-0.2, -0.15) is 0 Å². The van der Waals surface area contributed by atoms with Gasteiger partial charge in [0.25, 0.3) is 10.0 Å². The topological polar surface area (TPSA) is 168 Å². The molecule has 0 saturated carbocycles. The van der Waals surface area contributed by atoms with Crippen LogP contribution >= 0.6 is 0 Å². The Hall–Kier alpha value is -4.33. The summed E-state index contributed by atoms with van der Waals surface area (Å²) >= 11 is 0. The normalized spacial score (nSPS) is 15.4. The zero-order chi connectivity index (χ0) is 34.3. The number of hydrogen-bond acceptors (Lipinski definition) is 8. The van der Waals surface area contributed by atoms with E-state index in [1.165, 1.54) is 0 Å². The number of aliphatic hydroxyl groups is 1. The second-order valence-electron chi connectivity index (χ2n) is 12.2. The molecule has 48 heavy (non-hydrogen) atoms. The van der Waals surface area contributed by atoms with E-state index >= 15 is 0 Å². The predicted octanol–water partition coefficient (Wildman–Crippen LogP) is 4.26. The first-order valence-electron chi connectivity index (χ1n) is 16.6. The number of benzene rings is 3. The fourth-order valence-corrected chi connectivity index (χ4v) is 7.78. The number of unbranched alkanes of at least 4 members (excludes halogenated alkanes) is 1. The van der Waals surface area contributed by atoms with Gasteiger partial charge in [0.1, 0.15) is 30.0 Å². The standard InChI is InChI=1S/C35H45N5O7S/c1-3-5-7-24-10-16-29(17-11-24)48(45,46)40(31(4-2)34(42)43)27-14-12-26(13-15-27)39-20-18-25(19-21-39)36-22-28(41)23-47-32-9-6-8-30-33(32)38-35(44)37-30/h6,8-17,25,28,31,36,41H,3-5,7,18-23H2,1-2H3,(H,42,43)(H2,37,38,44)/t28-,31?/m0/s1. The SMILES string of the molecule is CCCCc1ccc(S(=O)(=O)N(c2ccc(N3CCC(NC[C@H](O)COc4cccc5[nH]c(=O)[nH]c45)CC3)cc2)C(CC)C(=O)O)cc1. The Morgan fingerprint density at radius 2 is 1.75 bits per heavy atom. The highest BCUT2D eigenvalue weighted by Crippen LogP contribution is 2.31. The van der Waals surface area contributed by atoms with Gasteiger partial charge < -0.3 is 35.1 Å². The van der Waals surface area contributed by atoms with Crippen LogP contribution in [-0.4, -0.2) is 79.0 Å². The lowest BCUT2D eigenvalue weighted by molar-refractivity contribution is -0.138. The Morgan fingerprint density at radius 3 is 2.40 bits per heavy atom. The predicted molar refractivity (Wildman–Crippen MR) is 187 cm³/mol. The molecule has 0 bridgehead atoms. The van der Waals surface area contributed by atoms with E-state index in [1.54, 1.807) is 61.5 Å². The van der Waals surface area contributed by atoms with Crippen LogP contribution in [0.25, 0.3) is 11.0 Å². The number of ether oxygens (including phenoxy) is 1. The zero-order valence-electron chi connectivity index (χ0n) is 27.4. The van der Waals surface area contributed by atoms with E-state index in [0.717, 1.165) is 60.7 Å². The van der Waals surface area contributed by atoms with Gasteiger partial charge >= 0.3 is 11.7 Å². The first-order chi connectivity index (χ1) is 23.1. The number of aliphatic hydroxyl groups excluding tert-OH is 1. The first kappa shape index (κ1) is 35.0. The molecule has 1 unspecified atom stereocenters. The molecule has 4 aromatic rings. The van der Waals surface area contributed by atoms with Crippen molar-refractivity contribution in [2.24, 2.45) is 0 Å². The molecule has 3 aromatic carbocycles. The molecule has 13 heteroatoms. The van der Waals surface area contributed by atoms with Gasteiger partial charge in [0.05, 0.1) is 16.1 Å². The number of aliphatic carboxylic acids is 1. The highest BCUT2D eigenvalue weighted by Gasteiger charge is 2.35. The molecule has 0 aliphatic carbocycles. The van der Waals surface area contributed by atoms with Crippen LogP contribution in [0.2, 0.25) is 0 Å². The van der Waals surface area contributed by atoms with Gasteiger partial charge in [-0.25, -0.2) is 18.0 Å². The number of piperidine rings is 1. The molecule has 1 aliphatic rings. The Bertz CT molecular complexity index is 1810. The van der Waals surface area contributed by atoms with Crippen molar-refractivity contribution < 1.29 is 28.2 Å². The van der Waals surface area contributed by atoms with Crippen LogP contribution in [0.1, 0.15) is 51.5 Å². The molecule has 1 aliphatic heterocycles. The number of para-hydroxylation sites is 1. The molecule has 2 atom stereocenters. The van der Waals surface area contributed by atoms with E-state index in [0.29, 0.717) is 29.0 Å². The lowest BCUT2D eigenvalue weighted by Crippen LogP contribution is -2.45. The van der Waals surface area contributed by atoms with Gasteiger partial charge in [-0.3, -0.25) is 4.31 Å². The van der Waals surface area contributed by atoms with E-state index < -0.39 is 28.1 Å². The maximum Gasteiger partial charge on any atom is 0.327 e. The maximum absolute atomic E-state index is 13.9. The maximum atomic E-state index is 13.9. The smallest absolute Gasteiger partial charge is 0.327 e. The molecule has 5 N–H and O–H groups in total. The van der Waals surface area contributed by atoms with E-state index in [2.05, 4.69) is 27.1 Å². The number of anilines is 2. The number of imidazole rings is 1. The van der Waals surface area contributed by atoms with Crippen LogP contribution in [0, 0.1) is 0 Å². The van der Waals surface area contributed by atoms with Crippen molar-refractivity contribution in [2.75, 3.05) is 35.4 Å². The number of hydrogen-bond donors (Lipinski definition) is 5. The minimum atomic E-state index is -4.15. The molecule has 5 rings (SSSR count). The number of carboxylic acids is 1. The fourth-order valence-electron chi connectivity index (χ4n) is 6.10. The molecule has 0 amide bonds. The third-order valence-electron chi connectivity index (χ3n) is 8.80. The summed E-state index contributed by atoms with van der Waals surface area (Å²) in [4.78, 5) is 31.5.